The number of carbonyl (C=O) groups excluding carboxylic acids is 1. The second-order valence-electron chi connectivity index (χ2n) is 9.74. The molecule has 1 aromatic heterocycles. The maximum absolute atomic E-state index is 13.9. The second kappa shape index (κ2) is 12.1. The Morgan fingerprint density at radius 3 is 2.38 bits per heavy atom. The number of fused-ring (bicyclic) bond motifs is 1. The molecule has 0 N–H and O–H groups in total. The standard InChI is InChI=1S/C33H25ClF3NO4/c1-20-15-23(11-14-30(20)42-41-21(2)39)19-40-27-6-3-5-24(17-27)31-25(16-22-9-12-26(34)13-10-22)18-38-32-28(31)7-4-8-29(32)33(35,36)37/h3-15,17-18H,16,19H2,1-2H3. The molecule has 0 radical (unpaired) electrons. The molecule has 4 aromatic carbocycles. The highest BCUT2D eigenvalue weighted by atomic mass is 35.5. The monoisotopic (exact) mass is 591 g/mol. The molecule has 0 aliphatic carbocycles. The van der Waals surface area contributed by atoms with Crippen molar-refractivity contribution in [1.29, 1.82) is 0 Å². The van der Waals surface area contributed by atoms with E-state index in [4.69, 9.17) is 21.2 Å². The molecule has 5 rings (SSSR count). The quantitative estimate of drug-likeness (QED) is 0.133. The van der Waals surface area contributed by atoms with Crippen LogP contribution < -0.4 is 9.62 Å². The summed E-state index contributed by atoms with van der Waals surface area (Å²) in [5.74, 6) is 0.390. The Balaban J connectivity index is 1.50. The van der Waals surface area contributed by atoms with Crippen LogP contribution in [0.15, 0.2) is 91.1 Å². The number of halogens is 4. The number of nitrogens with zero attached hydrogens (tertiary/aromatic N) is 1. The van der Waals surface area contributed by atoms with Gasteiger partial charge in [0, 0.05) is 23.5 Å². The lowest BCUT2D eigenvalue weighted by Gasteiger charge is -2.17. The molecule has 42 heavy (non-hydrogen) atoms. The molecule has 5 aromatic rings. The summed E-state index contributed by atoms with van der Waals surface area (Å²) in [4.78, 5) is 24.9. The van der Waals surface area contributed by atoms with Crippen molar-refractivity contribution in [3.05, 3.63) is 124 Å². The number of benzene rings is 4. The van der Waals surface area contributed by atoms with Crippen LogP contribution in [0, 0.1) is 6.92 Å². The molecular formula is C33H25ClF3NO4. The molecule has 0 atom stereocenters. The molecule has 0 aliphatic rings. The predicted octanol–water partition coefficient (Wildman–Crippen LogP) is 8.91. The average Bonchev–Trinajstić information content (AvgIpc) is 2.96. The van der Waals surface area contributed by atoms with Crippen molar-refractivity contribution in [3.8, 4) is 22.6 Å². The fraction of sp³-hybridized carbons (Fsp3) is 0.152. The highest BCUT2D eigenvalue weighted by Gasteiger charge is 2.33. The van der Waals surface area contributed by atoms with Gasteiger partial charge in [-0.3, -0.25) is 14.8 Å². The third-order valence-electron chi connectivity index (χ3n) is 6.61. The summed E-state index contributed by atoms with van der Waals surface area (Å²) in [6.45, 7) is 3.29. The smallest absolute Gasteiger partial charge is 0.418 e. The van der Waals surface area contributed by atoms with Gasteiger partial charge in [0.2, 0.25) is 0 Å². The molecule has 1 heterocycles. The van der Waals surface area contributed by atoms with Gasteiger partial charge >= 0.3 is 12.1 Å². The van der Waals surface area contributed by atoms with Crippen molar-refractivity contribution in [1.82, 2.24) is 4.98 Å². The molecule has 0 saturated heterocycles. The lowest BCUT2D eigenvalue weighted by molar-refractivity contribution is -0.211. The van der Waals surface area contributed by atoms with Crippen molar-refractivity contribution >= 4 is 28.5 Å². The van der Waals surface area contributed by atoms with Gasteiger partial charge in [-0.05, 0) is 89.2 Å². The van der Waals surface area contributed by atoms with E-state index in [0.29, 0.717) is 39.5 Å². The van der Waals surface area contributed by atoms with Crippen molar-refractivity contribution in [2.75, 3.05) is 0 Å². The Morgan fingerprint density at radius 2 is 1.67 bits per heavy atom. The predicted molar refractivity (Wildman–Crippen MR) is 154 cm³/mol. The summed E-state index contributed by atoms with van der Waals surface area (Å²) in [7, 11) is 0. The molecule has 0 fully saturated rings. The van der Waals surface area contributed by atoms with Crippen LogP contribution in [0.4, 0.5) is 13.2 Å². The molecule has 0 spiro atoms. The largest absolute Gasteiger partial charge is 0.489 e. The average molecular weight is 592 g/mol. The van der Waals surface area contributed by atoms with Crippen LogP contribution in [-0.2, 0) is 28.9 Å². The first-order valence-electron chi connectivity index (χ1n) is 13.0. The van der Waals surface area contributed by atoms with Crippen molar-refractivity contribution in [2.45, 2.75) is 33.1 Å². The Bertz CT molecular complexity index is 1750. The van der Waals surface area contributed by atoms with Crippen LogP contribution in [0.5, 0.6) is 11.5 Å². The maximum Gasteiger partial charge on any atom is 0.418 e. The zero-order valence-electron chi connectivity index (χ0n) is 22.7. The van der Waals surface area contributed by atoms with Crippen LogP contribution >= 0.6 is 11.6 Å². The lowest BCUT2D eigenvalue weighted by atomic mass is 9.92. The molecule has 214 valence electrons. The second-order valence-corrected chi connectivity index (χ2v) is 10.2. The normalized spacial score (nSPS) is 11.4. The number of rotatable bonds is 8. The van der Waals surface area contributed by atoms with E-state index in [1.807, 2.05) is 37.3 Å². The van der Waals surface area contributed by atoms with Gasteiger partial charge in [-0.2, -0.15) is 13.2 Å². The van der Waals surface area contributed by atoms with Crippen molar-refractivity contribution in [3.63, 3.8) is 0 Å². The van der Waals surface area contributed by atoms with Gasteiger partial charge < -0.3 is 4.74 Å². The van der Waals surface area contributed by atoms with Gasteiger partial charge in [0.05, 0.1) is 11.1 Å². The van der Waals surface area contributed by atoms with Gasteiger partial charge in [0.15, 0.2) is 5.75 Å². The summed E-state index contributed by atoms with van der Waals surface area (Å²) >= 11 is 6.06. The zero-order chi connectivity index (χ0) is 29.9. The minimum Gasteiger partial charge on any atom is -0.489 e. The summed E-state index contributed by atoms with van der Waals surface area (Å²) in [6, 6.07) is 24.0. The first-order chi connectivity index (χ1) is 20.1. The van der Waals surface area contributed by atoms with Crippen LogP contribution in [0.3, 0.4) is 0 Å². The van der Waals surface area contributed by atoms with E-state index in [2.05, 4.69) is 9.87 Å². The minimum absolute atomic E-state index is 0.113. The fourth-order valence-corrected chi connectivity index (χ4v) is 4.82. The Morgan fingerprint density at radius 1 is 0.929 bits per heavy atom. The Kier molecular flexibility index (Phi) is 8.36. The van der Waals surface area contributed by atoms with E-state index in [-0.39, 0.29) is 12.1 Å². The Hall–Kier alpha value is -4.56. The molecular weight excluding hydrogens is 567 g/mol. The van der Waals surface area contributed by atoms with Crippen LogP contribution in [0.2, 0.25) is 5.02 Å². The van der Waals surface area contributed by atoms with Crippen molar-refractivity contribution in [2.24, 2.45) is 0 Å². The number of hydrogen-bond donors (Lipinski definition) is 0. The van der Waals surface area contributed by atoms with E-state index in [1.54, 1.807) is 42.5 Å². The third kappa shape index (κ3) is 6.66. The molecule has 0 unspecified atom stereocenters. The van der Waals surface area contributed by atoms with Gasteiger partial charge in [-0.1, -0.05) is 54.1 Å². The number of carbonyl (C=O) groups is 1. The maximum atomic E-state index is 13.9. The van der Waals surface area contributed by atoms with E-state index in [1.165, 1.54) is 19.2 Å². The summed E-state index contributed by atoms with van der Waals surface area (Å²) in [5.41, 5.74) is 3.75. The lowest BCUT2D eigenvalue weighted by Crippen LogP contribution is -2.07. The van der Waals surface area contributed by atoms with E-state index in [0.717, 1.165) is 28.3 Å². The third-order valence-corrected chi connectivity index (χ3v) is 6.86. The fourth-order valence-electron chi connectivity index (χ4n) is 4.70. The minimum atomic E-state index is -4.55. The number of alkyl halides is 3. The molecule has 0 bridgehead atoms. The molecule has 0 amide bonds. The number of ether oxygens (including phenoxy) is 1. The summed E-state index contributed by atoms with van der Waals surface area (Å²) < 4.78 is 47.7. The van der Waals surface area contributed by atoms with E-state index in [9.17, 15) is 18.0 Å². The molecule has 9 heteroatoms. The van der Waals surface area contributed by atoms with Crippen LogP contribution in [-0.4, -0.2) is 11.0 Å². The van der Waals surface area contributed by atoms with E-state index < -0.39 is 17.7 Å². The number of pyridine rings is 1. The van der Waals surface area contributed by atoms with Crippen LogP contribution in [0.25, 0.3) is 22.0 Å². The summed E-state index contributed by atoms with van der Waals surface area (Å²) in [5, 5.41) is 0.990. The van der Waals surface area contributed by atoms with Gasteiger partial charge in [-0.25, -0.2) is 4.79 Å². The van der Waals surface area contributed by atoms with Gasteiger partial charge in [-0.15, -0.1) is 0 Å². The zero-order valence-corrected chi connectivity index (χ0v) is 23.4. The first kappa shape index (κ1) is 29.0. The first-order valence-corrected chi connectivity index (χ1v) is 13.4. The number of para-hydroxylation sites is 1. The number of aryl methyl sites for hydroxylation is 1. The summed E-state index contributed by atoms with van der Waals surface area (Å²) in [6.07, 6.45) is -2.60. The Labute approximate surface area is 245 Å². The topological polar surface area (TPSA) is 57.7 Å². The molecule has 5 nitrogen and oxygen atoms in total. The van der Waals surface area contributed by atoms with Crippen LogP contribution in [0.1, 0.15) is 34.7 Å². The highest BCUT2D eigenvalue weighted by molar-refractivity contribution is 6.30. The molecule has 0 saturated carbocycles. The highest BCUT2D eigenvalue weighted by Crippen LogP contribution is 2.39. The van der Waals surface area contributed by atoms with E-state index >= 15 is 0 Å². The van der Waals surface area contributed by atoms with Gasteiger partial charge in [0.1, 0.15) is 12.4 Å². The van der Waals surface area contributed by atoms with Gasteiger partial charge in [0.25, 0.3) is 0 Å². The SMILES string of the molecule is CC(=O)OOc1ccc(COc2cccc(-c3c(Cc4ccc(Cl)cc4)cnc4c(C(F)(F)F)cccc34)c2)cc1C. The molecule has 0 aliphatic heterocycles. The number of hydrogen-bond acceptors (Lipinski definition) is 5. The number of aromatic nitrogens is 1. The van der Waals surface area contributed by atoms with Crippen molar-refractivity contribution < 1.29 is 32.5 Å².